The van der Waals surface area contributed by atoms with Gasteiger partial charge in [-0.2, -0.15) is 18.2 Å². The summed E-state index contributed by atoms with van der Waals surface area (Å²) < 4.78 is 41.6. The van der Waals surface area contributed by atoms with Crippen LogP contribution in [0.5, 0.6) is 0 Å². The number of hydrogen-bond acceptors (Lipinski definition) is 5. The Bertz CT molecular complexity index is 769. The number of rotatable bonds is 3. The second-order valence-corrected chi connectivity index (χ2v) is 5.67. The molecule has 0 bridgehead atoms. The van der Waals surface area contributed by atoms with Gasteiger partial charge in [0.2, 0.25) is 5.82 Å². The maximum atomic E-state index is 12.5. The molecule has 0 aliphatic carbocycles. The highest BCUT2D eigenvalue weighted by Gasteiger charge is 2.38. The molecular formula is C16H16ClF3N4O2. The highest BCUT2D eigenvalue weighted by Crippen LogP contribution is 2.29. The van der Waals surface area contributed by atoms with Gasteiger partial charge in [-0.1, -0.05) is 17.3 Å². The van der Waals surface area contributed by atoms with Crippen LogP contribution in [0.4, 0.5) is 13.2 Å². The third kappa shape index (κ3) is 4.89. The Hall–Kier alpha value is -2.26. The first kappa shape index (κ1) is 20.1. The SMILES string of the molecule is Cl.O=C(N=CC1CCNCC1)c1ccc(-c2noc(C(F)(F)F)n2)cc1. The molecule has 0 spiro atoms. The van der Waals surface area contributed by atoms with Gasteiger partial charge in [-0.3, -0.25) is 4.79 Å². The van der Waals surface area contributed by atoms with E-state index in [4.69, 9.17) is 0 Å². The summed E-state index contributed by atoms with van der Waals surface area (Å²) in [5.74, 6) is -1.71. The van der Waals surface area contributed by atoms with Gasteiger partial charge >= 0.3 is 12.1 Å². The van der Waals surface area contributed by atoms with Gasteiger partial charge in [-0.15, -0.1) is 12.4 Å². The average molecular weight is 389 g/mol. The Morgan fingerprint density at radius 1 is 1.23 bits per heavy atom. The second kappa shape index (κ2) is 8.41. The van der Waals surface area contributed by atoms with Gasteiger partial charge in [0, 0.05) is 17.3 Å². The number of alkyl halides is 3. The van der Waals surface area contributed by atoms with Crippen LogP contribution in [0.1, 0.15) is 29.1 Å². The minimum atomic E-state index is -4.69. The van der Waals surface area contributed by atoms with E-state index in [1.165, 1.54) is 24.3 Å². The molecule has 1 aliphatic heterocycles. The van der Waals surface area contributed by atoms with Crippen molar-refractivity contribution in [2.75, 3.05) is 13.1 Å². The summed E-state index contributed by atoms with van der Waals surface area (Å²) in [5.41, 5.74) is 0.659. The number of carbonyl (C=O) groups excluding carboxylic acids is 1. The summed E-state index contributed by atoms with van der Waals surface area (Å²) in [6, 6.07) is 5.86. The molecule has 140 valence electrons. The van der Waals surface area contributed by atoms with Crippen LogP contribution in [-0.4, -0.2) is 35.4 Å². The summed E-state index contributed by atoms with van der Waals surface area (Å²) in [5, 5.41) is 6.53. The minimum Gasteiger partial charge on any atom is -0.329 e. The molecule has 0 unspecified atom stereocenters. The van der Waals surface area contributed by atoms with E-state index in [1.807, 2.05) is 0 Å². The van der Waals surface area contributed by atoms with Crippen LogP contribution < -0.4 is 5.32 Å². The molecule has 0 atom stereocenters. The predicted molar refractivity (Wildman–Crippen MR) is 90.4 cm³/mol. The van der Waals surface area contributed by atoms with Crippen molar-refractivity contribution in [1.29, 1.82) is 0 Å². The fourth-order valence-corrected chi connectivity index (χ4v) is 2.46. The van der Waals surface area contributed by atoms with Crippen LogP contribution >= 0.6 is 12.4 Å². The van der Waals surface area contributed by atoms with Crippen molar-refractivity contribution in [3.8, 4) is 11.4 Å². The van der Waals surface area contributed by atoms with Gasteiger partial charge in [0.05, 0.1) is 0 Å². The topological polar surface area (TPSA) is 80.4 Å². The summed E-state index contributed by atoms with van der Waals surface area (Å²) in [6.07, 6.45) is -1.14. The number of amides is 1. The van der Waals surface area contributed by atoms with Crippen molar-refractivity contribution in [3.05, 3.63) is 35.7 Å². The standard InChI is InChI=1S/C16H15F3N4O2.ClH/c17-16(18,19)15-22-13(23-25-15)11-1-3-12(4-2-11)14(24)21-9-10-5-7-20-8-6-10;/h1-4,9-10,20H,5-8H2;1H. The molecule has 0 saturated carbocycles. The number of nitrogens with one attached hydrogen (secondary N) is 1. The van der Waals surface area contributed by atoms with E-state index in [9.17, 15) is 18.0 Å². The largest absolute Gasteiger partial charge is 0.471 e. The van der Waals surface area contributed by atoms with E-state index >= 15 is 0 Å². The summed E-state index contributed by atoms with van der Waals surface area (Å²) in [7, 11) is 0. The predicted octanol–water partition coefficient (Wildman–Crippen LogP) is 3.39. The molecule has 6 nitrogen and oxygen atoms in total. The molecule has 0 radical (unpaired) electrons. The number of aromatic nitrogens is 2. The van der Waals surface area contributed by atoms with Gasteiger partial charge in [0.15, 0.2) is 0 Å². The normalized spacial score (nSPS) is 15.8. The number of nitrogens with zero attached hydrogens (tertiary/aromatic N) is 3. The van der Waals surface area contributed by atoms with E-state index in [2.05, 4.69) is 25.0 Å². The molecular weight excluding hydrogens is 373 g/mol. The summed E-state index contributed by atoms with van der Waals surface area (Å²) in [6.45, 7) is 1.81. The third-order valence-corrected chi connectivity index (χ3v) is 3.84. The monoisotopic (exact) mass is 388 g/mol. The van der Waals surface area contributed by atoms with Crippen LogP contribution in [-0.2, 0) is 6.18 Å². The molecule has 1 fully saturated rings. The Morgan fingerprint density at radius 3 is 2.46 bits per heavy atom. The molecule has 1 saturated heterocycles. The van der Waals surface area contributed by atoms with Crippen LogP contribution in [0, 0.1) is 5.92 Å². The Kier molecular flexibility index (Phi) is 6.49. The zero-order valence-corrected chi connectivity index (χ0v) is 14.3. The second-order valence-electron chi connectivity index (χ2n) is 5.67. The quantitative estimate of drug-likeness (QED) is 0.815. The zero-order chi connectivity index (χ0) is 17.9. The van der Waals surface area contributed by atoms with E-state index in [0.717, 1.165) is 25.9 Å². The molecule has 10 heteroatoms. The van der Waals surface area contributed by atoms with Gasteiger partial charge < -0.3 is 9.84 Å². The first-order chi connectivity index (χ1) is 11.9. The highest BCUT2D eigenvalue weighted by atomic mass is 35.5. The van der Waals surface area contributed by atoms with E-state index in [1.54, 1.807) is 6.21 Å². The number of aliphatic imine (C=N–C) groups is 1. The number of halogens is 4. The molecule has 1 N–H and O–H groups in total. The molecule has 1 aromatic carbocycles. The van der Waals surface area contributed by atoms with Crippen LogP contribution in [0.25, 0.3) is 11.4 Å². The molecule has 2 aromatic rings. The fraction of sp³-hybridized carbons (Fsp3) is 0.375. The summed E-state index contributed by atoms with van der Waals surface area (Å²) in [4.78, 5) is 19.3. The minimum absolute atomic E-state index is 0. The lowest BCUT2D eigenvalue weighted by Gasteiger charge is -2.18. The number of benzene rings is 1. The Balaban J connectivity index is 0.00000243. The van der Waals surface area contributed by atoms with Gasteiger partial charge in [-0.25, -0.2) is 4.99 Å². The third-order valence-electron chi connectivity index (χ3n) is 3.84. The van der Waals surface area contributed by atoms with Gasteiger partial charge in [-0.05, 0) is 44.0 Å². The molecule has 1 aromatic heterocycles. The zero-order valence-electron chi connectivity index (χ0n) is 13.5. The fourth-order valence-electron chi connectivity index (χ4n) is 2.46. The van der Waals surface area contributed by atoms with Gasteiger partial charge in [0.25, 0.3) is 5.91 Å². The van der Waals surface area contributed by atoms with Crippen molar-refractivity contribution >= 4 is 24.5 Å². The Labute approximate surface area is 153 Å². The van der Waals surface area contributed by atoms with Crippen molar-refractivity contribution in [1.82, 2.24) is 15.5 Å². The van der Waals surface area contributed by atoms with Crippen molar-refractivity contribution < 1.29 is 22.5 Å². The van der Waals surface area contributed by atoms with E-state index in [0.29, 0.717) is 11.1 Å². The lowest BCUT2D eigenvalue weighted by molar-refractivity contribution is -0.159. The smallest absolute Gasteiger partial charge is 0.329 e. The maximum Gasteiger partial charge on any atom is 0.471 e. The van der Waals surface area contributed by atoms with Crippen molar-refractivity contribution in [2.45, 2.75) is 19.0 Å². The molecule has 26 heavy (non-hydrogen) atoms. The highest BCUT2D eigenvalue weighted by molar-refractivity contribution is 5.99. The average Bonchev–Trinajstić information content (AvgIpc) is 3.11. The van der Waals surface area contributed by atoms with Crippen LogP contribution in [0.15, 0.2) is 33.8 Å². The molecule has 3 rings (SSSR count). The lowest BCUT2D eigenvalue weighted by atomic mass is 10.00. The van der Waals surface area contributed by atoms with Gasteiger partial charge in [0.1, 0.15) is 0 Å². The van der Waals surface area contributed by atoms with E-state index < -0.39 is 18.0 Å². The van der Waals surface area contributed by atoms with Crippen molar-refractivity contribution in [2.24, 2.45) is 10.9 Å². The van der Waals surface area contributed by atoms with Crippen molar-refractivity contribution in [3.63, 3.8) is 0 Å². The molecule has 1 aliphatic rings. The number of carbonyl (C=O) groups is 1. The first-order valence-corrected chi connectivity index (χ1v) is 7.74. The molecule has 2 heterocycles. The van der Waals surface area contributed by atoms with Crippen LogP contribution in [0.2, 0.25) is 0 Å². The number of piperidine rings is 1. The first-order valence-electron chi connectivity index (χ1n) is 7.74. The Morgan fingerprint density at radius 2 is 1.88 bits per heavy atom. The maximum absolute atomic E-state index is 12.5. The lowest BCUT2D eigenvalue weighted by Crippen LogP contribution is -2.28. The van der Waals surface area contributed by atoms with Crippen LogP contribution in [0.3, 0.4) is 0 Å². The summed E-state index contributed by atoms with van der Waals surface area (Å²) >= 11 is 0. The number of hydrogen-bond donors (Lipinski definition) is 1. The van der Waals surface area contributed by atoms with E-state index in [-0.39, 0.29) is 24.1 Å². The molecule has 1 amide bonds.